The lowest BCUT2D eigenvalue weighted by atomic mass is 10.0. The number of pyridine rings is 1. The largest absolute Gasteiger partial charge is 0.319 e. The van der Waals surface area contributed by atoms with E-state index in [1.807, 2.05) is 37.4 Å². The maximum Gasteiger partial charge on any atom is 0.257 e. The van der Waals surface area contributed by atoms with Crippen LogP contribution in [-0.2, 0) is 6.42 Å². The quantitative estimate of drug-likeness (QED) is 0.884. The number of carbonyl (C=O) groups is 1. The van der Waals surface area contributed by atoms with Crippen molar-refractivity contribution in [1.82, 2.24) is 10.3 Å². The van der Waals surface area contributed by atoms with E-state index in [1.54, 1.807) is 12.3 Å². The van der Waals surface area contributed by atoms with Gasteiger partial charge in [-0.2, -0.15) is 0 Å². The molecule has 0 bridgehead atoms. The third-order valence-electron chi connectivity index (χ3n) is 2.88. The summed E-state index contributed by atoms with van der Waals surface area (Å²) in [6, 6.07) is 11.2. The van der Waals surface area contributed by atoms with Crippen LogP contribution in [0.15, 0.2) is 47.1 Å². The number of halogens is 1. The van der Waals surface area contributed by atoms with Crippen molar-refractivity contribution in [1.29, 1.82) is 0 Å². The van der Waals surface area contributed by atoms with Crippen LogP contribution < -0.4 is 10.6 Å². The Balaban J connectivity index is 2.14. The van der Waals surface area contributed by atoms with Crippen LogP contribution in [0.25, 0.3) is 0 Å². The van der Waals surface area contributed by atoms with Gasteiger partial charge in [-0.3, -0.25) is 4.79 Å². The third-order valence-corrected chi connectivity index (χ3v) is 3.34. The topological polar surface area (TPSA) is 54.0 Å². The molecule has 0 radical (unpaired) electrons. The highest BCUT2D eigenvalue weighted by atomic mass is 79.9. The molecule has 0 saturated carbocycles. The van der Waals surface area contributed by atoms with Crippen molar-refractivity contribution in [3.05, 3.63) is 58.2 Å². The summed E-state index contributed by atoms with van der Waals surface area (Å²) in [6.45, 7) is 0.834. The van der Waals surface area contributed by atoms with E-state index in [1.165, 1.54) is 0 Å². The number of aromatic nitrogens is 1. The Kier molecular flexibility index (Phi) is 5.26. The molecular formula is C15H16BrN3O. The maximum atomic E-state index is 12.3. The van der Waals surface area contributed by atoms with E-state index >= 15 is 0 Å². The average Bonchev–Trinajstić information content (AvgIpc) is 2.47. The van der Waals surface area contributed by atoms with Crippen LogP contribution in [0.3, 0.4) is 0 Å². The van der Waals surface area contributed by atoms with E-state index in [2.05, 4.69) is 31.5 Å². The first-order chi connectivity index (χ1) is 9.70. The van der Waals surface area contributed by atoms with Gasteiger partial charge in [0.1, 0.15) is 5.82 Å². The lowest BCUT2D eigenvalue weighted by Gasteiger charge is -2.09. The van der Waals surface area contributed by atoms with Crippen LogP contribution in [-0.4, -0.2) is 24.5 Å². The molecule has 0 fully saturated rings. The molecule has 1 heterocycles. The molecule has 0 aliphatic heterocycles. The highest BCUT2D eigenvalue weighted by Crippen LogP contribution is 2.14. The Morgan fingerprint density at radius 3 is 2.75 bits per heavy atom. The summed E-state index contributed by atoms with van der Waals surface area (Å²) >= 11 is 3.31. The smallest absolute Gasteiger partial charge is 0.257 e. The molecule has 2 rings (SSSR count). The van der Waals surface area contributed by atoms with E-state index in [4.69, 9.17) is 0 Å². The van der Waals surface area contributed by atoms with Crippen molar-refractivity contribution in [2.75, 3.05) is 18.9 Å². The van der Waals surface area contributed by atoms with Gasteiger partial charge >= 0.3 is 0 Å². The van der Waals surface area contributed by atoms with E-state index < -0.39 is 0 Å². The third kappa shape index (κ3) is 3.88. The van der Waals surface area contributed by atoms with Gasteiger partial charge in [0.2, 0.25) is 0 Å². The molecule has 0 aliphatic rings. The second kappa shape index (κ2) is 7.17. The van der Waals surface area contributed by atoms with Crippen molar-refractivity contribution < 1.29 is 4.79 Å². The van der Waals surface area contributed by atoms with Gasteiger partial charge in [0.05, 0.1) is 0 Å². The maximum absolute atomic E-state index is 12.3. The number of hydrogen-bond donors (Lipinski definition) is 2. The van der Waals surface area contributed by atoms with Gasteiger partial charge in [-0.15, -0.1) is 0 Å². The van der Waals surface area contributed by atoms with Gasteiger partial charge in [0.25, 0.3) is 5.91 Å². The highest BCUT2D eigenvalue weighted by molar-refractivity contribution is 9.10. The number of amides is 1. The molecule has 1 aromatic carbocycles. The van der Waals surface area contributed by atoms with E-state index in [9.17, 15) is 4.79 Å². The Labute approximate surface area is 126 Å². The molecule has 0 spiro atoms. The zero-order valence-electron chi connectivity index (χ0n) is 11.2. The van der Waals surface area contributed by atoms with Crippen molar-refractivity contribution in [3.8, 4) is 0 Å². The van der Waals surface area contributed by atoms with Gasteiger partial charge in [0.15, 0.2) is 0 Å². The molecule has 5 heteroatoms. The van der Waals surface area contributed by atoms with E-state index in [-0.39, 0.29) is 5.91 Å². The monoisotopic (exact) mass is 333 g/mol. The van der Waals surface area contributed by atoms with E-state index in [0.29, 0.717) is 11.4 Å². The summed E-state index contributed by atoms with van der Waals surface area (Å²) in [5.41, 5.74) is 1.71. The first-order valence-corrected chi connectivity index (χ1v) is 7.15. The van der Waals surface area contributed by atoms with Crippen LogP contribution >= 0.6 is 15.9 Å². The number of benzene rings is 1. The van der Waals surface area contributed by atoms with Gasteiger partial charge < -0.3 is 10.6 Å². The first-order valence-electron chi connectivity index (χ1n) is 6.36. The fraction of sp³-hybridized carbons (Fsp3) is 0.200. The number of anilines is 1. The minimum absolute atomic E-state index is 0.133. The van der Waals surface area contributed by atoms with Gasteiger partial charge in [-0.25, -0.2) is 4.98 Å². The van der Waals surface area contributed by atoms with Crippen molar-refractivity contribution in [2.45, 2.75) is 6.42 Å². The predicted octanol–water partition coefficient (Wildman–Crippen LogP) is 2.86. The van der Waals surface area contributed by atoms with Crippen LogP contribution in [0.1, 0.15) is 15.9 Å². The average molecular weight is 334 g/mol. The summed E-state index contributed by atoms with van der Waals surface area (Å²) < 4.78 is 0.880. The molecule has 104 valence electrons. The normalized spacial score (nSPS) is 10.3. The number of likely N-dealkylation sites (N-methyl/N-ethyl adjacent to an activating group) is 1. The molecule has 2 N–H and O–H groups in total. The van der Waals surface area contributed by atoms with Gasteiger partial charge in [-0.05, 0) is 59.7 Å². The summed E-state index contributed by atoms with van der Waals surface area (Å²) in [7, 11) is 1.90. The Morgan fingerprint density at radius 2 is 2.05 bits per heavy atom. The minimum atomic E-state index is -0.133. The molecule has 0 unspecified atom stereocenters. The number of rotatable bonds is 5. The molecule has 1 aromatic heterocycles. The molecular weight excluding hydrogens is 318 g/mol. The zero-order valence-corrected chi connectivity index (χ0v) is 12.8. The van der Waals surface area contributed by atoms with E-state index in [0.717, 1.165) is 23.0 Å². The molecule has 20 heavy (non-hydrogen) atoms. The summed E-state index contributed by atoms with van der Waals surface area (Å²) in [5.74, 6) is 0.410. The van der Waals surface area contributed by atoms with Crippen molar-refractivity contribution in [3.63, 3.8) is 0 Å². The highest BCUT2D eigenvalue weighted by Gasteiger charge is 2.11. The lowest BCUT2D eigenvalue weighted by molar-refractivity contribution is 0.102. The Bertz CT molecular complexity index is 584. The van der Waals surface area contributed by atoms with Crippen molar-refractivity contribution >= 4 is 27.7 Å². The number of hydrogen-bond acceptors (Lipinski definition) is 3. The van der Waals surface area contributed by atoms with Crippen LogP contribution in [0, 0.1) is 0 Å². The predicted molar refractivity (Wildman–Crippen MR) is 84.0 cm³/mol. The van der Waals surface area contributed by atoms with Crippen LogP contribution in [0.5, 0.6) is 0 Å². The zero-order chi connectivity index (χ0) is 14.4. The van der Waals surface area contributed by atoms with Gasteiger partial charge in [0, 0.05) is 16.2 Å². The summed E-state index contributed by atoms with van der Waals surface area (Å²) in [5, 5.41) is 5.90. The molecule has 2 aromatic rings. The van der Waals surface area contributed by atoms with Crippen molar-refractivity contribution in [2.24, 2.45) is 0 Å². The fourth-order valence-electron chi connectivity index (χ4n) is 1.85. The van der Waals surface area contributed by atoms with Crippen LogP contribution in [0.4, 0.5) is 5.82 Å². The molecule has 0 atom stereocenters. The molecule has 0 aliphatic carbocycles. The Hall–Kier alpha value is -1.72. The number of nitrogens with one attached hydrogen (secondary N) is 2. The SMILES string of the molecule is CNCCc1ccccc1C(=O)Nc1ccc(Br)cn1. The number of nitrogens with zero attached hydrogens (tertiary/aromatic N) is 1. The minimum Gasteiger partial charge on any atom is -0.319 e. The first kappa shape index (κ1) is 14.7. The molecule has 4 nitrogen and oxygen atoms in total. The van der Waals surface area contributed by atoms with Gasteiger partial charge in [-0.1, -0.05) is 18.2 Å². The van der Waals surface area contributed by atoms with Crippen LogP contribution in [0.2, 0.25) is 0 Å². The lowest BCUT2D eigenvalue weighted by Crippen LogP contribution is -2.17. The fourth-order valence-corrected chi connectivity index (χ4v) is 2.09. The second-order valence-corrected chi connectivity index (χ2v) is 5.24. The summed E-state index contributed by atoms with van der Waals surface area (Å²) in [4.78, 5) is 16.4. The standard InChI is InChI=1S/C15H16BrN3O/c1-17-9-8-11-4-2-3-5-13(11)15(20)19-14-7-6-12(16)10-18-14/h2-7,10,17H,8-9H2,1H3,(H,18,19,20). The second-order valence-electron chi connectivity index (χ2n) is 4.33. The molecule has 0 saturated heterocycles. The molecule has 1 amide bonds. The summed E-state index contributed by atoms with van der Waals surface area (Å²) in [6.07, 6.45) is 2.47. The Morgan fingerprint density at radius 1 is 1.25 bits per heavy atom. The number of carbonyl (C=O) groups excluding carboxylic acids is 1.